The summed E-state index contributed by atoms with van der Waals surface area (Å²) in [4.78, 5) is 2.17. The van der Waals surface area contributed by atoms with Gasteiger partial charge in [0.2, 0.25) is 0 Å². The molecule has 1 heterocycles. The molecule has 7 heteroatoms. The van der Waals surface area contributed by atoms with Crippen LogP contribution in [0.25, 0.3) is 0 Å². The lowest BCUT2D eigenvalue weighted by Crippen LogP contribution is -2.37. The van der Waals surface area contributed by atoms with Crippen LogP contribution in [0.3, 0.4) is 0 Å². The van der Waals surface area contributed by atoms with E-state index in [4.69, 9.17) is 15.2 Å². The van der Waals surface area contributed by atoms with Crippen molar-refractivity contribution in [1.82, 2.24) is 14.7 Å². The van der Waals surface area contributed by atoms with E-state index in [0.29, 0.717) is 25.4 Å². The molecule has 1 aromatic rings. The Hall–Kier alpha value is -1.15. The largest absolute Gasteiger partial charge is 0.396 e. The normalized spacial score (nSPS) is 13.0. The Morgan fingerprint density at radius 3 is 2.70 bits per heavy atom. The molecule has 0 radical (unpaired) electrons. The average molecular weight is 286 g/mol. The molecule has 0 aliphatic heterocycles. The first-order valence-corrected chi connectivity index (χ1v) is 6.82. The first kappa shape index (κ1) is 16.9. The van der Waals surface area contributed by atoms with Gasteiger partial charge in [0.05, 0.1) is 31.1 Å². The van der Waals surface area contributed by atoms with Crippen LogP contribution in [0.2, 0.25) is 0 Å². The van der Waals surface area contributed by atoms with E-state index in [1.165, 1.54) is 0 Å². The van der Waals surface area contributed by atoms with E-state index in [-0.39, 0.29) is 0 Å². The van der Waals surface area contributed by atoms with Crippen LogP contribution in [0.4, 0.5) is 5.69 Å². The minimum atomic E-state index is -0.492. The van der Waals surface area contributed by atoms with Crippen LogP contribution in [-0.4, -0.2) is 73.0 Å². The lowest BCUT2D eigenvalue weighted by Gasteiger charge is -2.24. The Morgan fingerprint density at radius 1 is 1.35 bits per heavy atom. The summed E-state index contributed by atoms with van der Waals surface area (Å²) in [6, 6.07) is 0. The number of nitrogen functional groups attached to an aromatic ring is 1. The maximum absolute atomic E-state index is 10.1. The molecular weight excluding hydrogens is 260 g/mol. The summed E-state index contributed by atoms with van der Waals surface area (Å²) >= 11 is 0. The lowest BCUT2D eigenvalue weighted by atomic mass is 10.3. The summed E-state index contributed by atoms with van der Waals surface area (Å²) in [5.41, 5.74) is 6.20. The number of ether oxygens (including phenoxy) is 2. The molecular formula is C13H26N4O3. The number of hydrogen-bond donors (Lipinski definition) is 2. The number of anilines is 1. The van der Waals surface area contributed by atoms with Crippen molar-refractivity contribution in [2.45, 2.75) is 19.1 Å². The molecule has 0 saturated carbocycles. The van der Waals surface area contributed by atoms with Gasteiger partial charge in [-0.15, -0.1) is 0 Å². The van der Waals surface area contributed by atoms with Crippen molar-refractivity contribution in [3.8, 4) is 0 Å². The van der Waals surface area contributed by atoms with Gasteiger partial charge in [-0.3, -0.25) is 9.58 Å². The van der Waals surface area contributed by atoms with Gasteiger partial charge >= 0.3 is 0 Å². The highest BCUT2D eigenvalue weighted by Crippen LogP contribution is 2.02. The first-order valence-electron chi connectivity index (χ1n) is 6.82. The Labute approximate surface area is 120 Å². The van der Waals surface area contributed by atoms with E-state index >= 15 is 0 Å². The molecule has 3 N–H and O–H groups in total. The maximum Gasteiger partial charge on any atom is 0.0862 e. The molecule has 7 nitrogen and oxygen atoms in total. The topological polar surface area (TPSA) is 85.8 Å². The zero-order chi connectivity index (χ0) is 14.8. The second-order valence-corrected chi connectivity index (χ2v) is 4.79. The monoisotopic (exact) mass is 286 g/mol. The molecule has 116 valence electrons. The van der Waals surface area contributed by atoms with Gasteiger partial charge in [-0.25, -0.2) is 0 Å². The number of aliphatic hydroxyl groups is 1. The summed E-state index contributed by atoms with van der Waals surface area (Å²) in [5, 5.41) is 14.2. The fraction of sp³-hybridized carbons (Fsp3) is 0.769. The molecule has 0 fully saturated rings. The highest BCUT2D eigenvalue weighted by molar-refractivity contribution is 5.30. The Morgan fingerprint density at radius 2 is 2.10 bits per heavy atom. The van der Waals surface area contributed by atoms with Crippen LogP contribution < -0.4 is 5.73 Å². The quantitative estimate of drug-likeness (QED) is 0.549. The van der Waals surface area contributed by atoms with Crippen LogP contribution in [0.1, 0.15) is 6.42 Å². The number of nitrogens with two attached hydrogens (primary N) is 1. The molecule has 0 spiro atoms. The third-order valence-electron chi connectivity index (χ3n) is 2.95. The minimum absolute atomic E-state index is 0.435. The average Bonchev–Trinajstić information content (AvgIpc) is 2.81. The number of aromatic nitrogens is 2. The van der Waals surface area contributed by atoms with Gasteiger partial charge in [-0.2, -0.15) is 5.10 Å². The second-order valence-electron chi connectivity index (χ2n) is 4.79. The van der Waals surface area contributed by atoms with Crippen molar-refractivity contribution >= 4 is 5.69 Å². The van der Waals surface area contributed by atoms with Crippen molar-refractivity contribution in [3.63, 3.8) is 0 Å². The third kappa shape index (κ3) is 6.85. The van der Waals surface area contributed by atoms with E-state index < -0.39 is 6.10 Å². The van der Waals surface area contributed by atoms with Crippen LogP contribution >= 0.6 is 0 Å². The Balaban J connectivity index is 2.37. The Bertz CT molecular complexity index is 359. The molecule has 1 aromatic heterocycles. The number of rotatable bonds is 11. The zero-order valence-corrected chi connectivity index (χ0v) is 12.4. The van der Waals surface area contributed by atoms with Crippen molar-refractivity contribution in [2.75, 3.05) is 52.8 Å². The molecule has 0 saturated heterocycles. The van der Waals surface area contributed by atoms with Gasteiger partial charge in [0, 0.05) is 46.7 Å². The van der Waals surface area contributed by atoms with Gasteiger partial charge < -0.3 is 20.3 Å². The second kappa shape index (κ2) is 9.71. The van der Waals surface area contributed by atoms with Crippen LogP contribution in [0.5, 0.6) is 0 Å². The molecule has 20 heavy (non-hydrogen) atoms. The van der Waals surface area contributed by atoms with Gasteiger partial charge in [-0.1, -0.05) is 0 Å². The molecule has 1 unspecified atom stereocenters. The fourth-order valence-electron chi connectivity index (χ4n) is 2.00. The number of aliphatic hydroxyl groups excluding tert-OH is 1. The van der Waals surface area contributed by atoms with E-state index in [0.717, 1.165) is 26.1 Å². The minimum Gasteiger partial charge on any atom is -0.396 e. The molecule has 0 amide bonds. The van der Waals surface area contributed by atoms with E-state index in [1.54, 1.807) is 31.3 Å². The van der Waals surface area contributed by atoms with Gasteiger partial charge in [0.1, 0.15) is 0 Å². The molecule has 0 aromatic carbocycles. The summed E-state index contributed by atoms with van der Waals surface area (Å²) in [7, 11) is 3.37. The summed E-state index contributed by atoms with van der Waals surface area (Å²) in [5.74, 6) is 0. The van der Waals surface area contributed by atoms with Crippen LogP contribution in [0, 0.1) is 0 Å². The van der Waals surface area contributed by atoms with Crippen molar-refractivity contribution in [3.05, 3.63) is 12.4 Å². The standard InChI is InChI=1S/C13H26N4O3/c1-19-6-3-4-16(5-7-20-2)10-13(18)11-17-9-12(14)8-15-17/h8-9,13,18H,3-7,10-11,14H2,1-2H3. The van der Waals surface area contributed by atoms with Crippen molar-refractivity contribution < 1.29 is 14.6 Å². The molecule has 1 atom stereocenters. The first-order chi connectivity index (χ1) is 9.65. The van der Waals surface area contributed by atoms with E-state index in [9.17, 15) is 5.11 Å². The maximum atomic E-state index is 10.1. The molecule has 0 aliphatic rings. The van der Waals surface area contributed by atoms with Crippen molar-refractivity contribution in [1.29, 1.82) is 0 Å². The molecule has 0 aliphatic carbocycles. The number of methoxy groups -OCH3 is 2. The molecule has 1 rings (SSSR count). The smallest absolute Gasteiger partial charge is 0.0862 e. The van der Waals surface area contributed by atoms with E-state index in [2.05, 4.69) is 10.00 Å². The van der Waals surface area contributed by atoms with E-state index in [1.807, 2.05) is 0 Å². The third-order valence-corrected chi connectivity index (χ3v) is 2.95. The lowest BCUT2D eigenvalue weighted by molar-refractivity contribution is 0.0713. The fourth-order valence-corrected chi connectivity index (χ4v) is 2.00. The predicted octanol–water partition coefficient (Wildman–Crippen LogP) is -0.189. The summed E-state index contributed by atoms with van der Waals surface area (Å²) in [6.45, 7) is 4.04. The van der Waals surface area contributed by atoms with Crippen molar-refractivity contribution in [2.24, 2.45) is 0 Å². The SMILES string of the molecule is COCCCN(CCOC)CC(O)Cn1cc(N)cn1. The molecule has 0 bridgehead atoms. The Kier molecular flexibility index (Phi) is 8.20. The van der Waals surface area contributed by atoms with Crippen LogP contribution in [0.15, 0.2) is 12.4 Å². The number of nitrogens with zero attached hydrogens (tertiary/aromatic N) is 3. The summed E-state index contributed by atoms with van der Waals surface area (Å²) in [6.07, 6.45) is 3.73. The van der Waals surface area contributed by atoms with Gasteiger partial charge in [0.25, 0.3) is 0 Å². The zero-order valence-electron chi connectivity index (χ0n) is 12.4. The van der Waals surface area contributed by atoms with Gasteiger partial charge in [0.15, 0.2) is 0 Å². The van der Waals surface area contributed by atoms with Gasteiger partial charge in [-0.05, 0) is 6.42 Å². The highest BCUT2D eigenvalue weighted by Gasteiger charge is 2.12. The highest BCUT2D eigenvalue weighted by atomic mass is 16.5. The number of hydrogen-bond acceptors (Lipinski definition) is 6. The van der Waals surface area contributed by atoms with Crippen LogP contribution in [-0.2, 0) is 16.0 Å². The predicted molar refractivity (Wildman–Crippen MR) is 77.5 cm³/mol. The summed E-state index contributed by atoms with van der Waals surface area (Å²) < 4.78 is 11.8.